The van der Waals surface area contributed by atoms with Gasteiger partial charge in [0.05, 0.1) is 23.6 Å². The zero-order valence-corrected chi connectivity index (χ0v) is 15.5. The van der Waals surface area contributed by atoms with Crippen molar-refractivity contribution in [3.05, 3.63) is 51.6 Å². The van der Waals surface area contributed by atoms with Crippen LogP contribution in [0.2, 0.25) is 5.02 Å². The van der Waals surface area contributed by atoms with E-state index >= 15 is 0 Å². The van der Waals surface area contributed by atoms with E-state index in [9.17, 15) is 4.79 Å². The van der Waals surface area contributed by atoms with Crippen LogP contribution in [-0.4, -0.2) is 23.4 Å². The average molecular weight is 376 g/mol. The van der Waals surface area contributed by atoms with E-state index in [0.29, 0.717) is 21.7 Å². The van der Waals surface area contributed by atoms with E-state index in [1.54, 1.807) is 0 Å². The summed E-state index contributed by atoms with van der Waals surface area (Å²) >= 11 is 7.59. The van der Waals surface area contributed by atoms with Gasteiger partial charge < -0.3 is 16.0 Å². The lowest BCUT2D eigenvalue weighted by atomic mass is 10.1. The van der Waals surface area contributed by atoms with E-state index in [0.717, 1.165) is 29.2 Å². The molecule has 0 unspecified atom stereocenters. The zero-order valence-electron chi connectivity index (χ0n) is 13.9. The number of halogens is 1. The van der Waals surface area contributed by atoms with Crippen molar-refractivity contribution >= 4 is 45.5 Å². The summed E-state index contributed by atoms with van der Waals surface area (Å²) in [5, 5.41) is 4.50. The number of nitrogens with two attached hydrogens (primary N) is 1. The van der Waals surface area contributed by atoms with Crippen LogP contribution in [-0.2, 0) is 0 Å². The summed E-state index contributed by atoms with van der Waals surface area (Å²) in [6.07, 6.45) is 4.28. The van der Waals surface area contributed by atoms with Crippen LogP contribution in [0.15, 0.2) is 41.2 Å². The second-order valence-electron chi connectivity index (χ2n) is 5.53. The van der Waals surface area contributed by atoms with E-state index < -0.39 is 5.91 Å². The molecule has 1 aliphatic heterocycles. The van der Waals surface area contributed by atoms with E-state index in [1.165, 1.54) is 17.5 Å². The summed E-state index contributed by atoms with van der Waals surface area (Å²) < 4.78 is 0. The molecule has 0 bridgehead atoms. The molecule has 0 spiro atoms. The molecular formula is C17H18ClN5OS. The van der Waals surface area contributed by atoms with Gasteiger partial charge in [-0.05, 0) is 25.0 Å². The van der Waals surface area contributed by atoms with Gasteiger partial charge in [-0.25, -0.2) is 9.98 Å². The number of nitrogens with one attached hydrogen (secondary N) is 1. The van der Waals surface area contributed by atoms with Crippen LogP contribution in [0.4, 0.5) is 10.8 Å². The van der Waals surface area contributed by atoms with Crippen molar-refractivity contribution in [1.82, 2.24) is 10.3 Å². The Kier molecular flexibility index (Phi) is 5.06. The van der Waals surface area contributed by atoms with Crippen LogP contribution in [0.5, 0.6) is 0 Å². The van der Waals surface area contributed by atoms with Gasteiger partial charge in [0.25, 0.3) is 5.91 Å². The van der Waals surface area contributed by atoms with Gasteiger partial charge in [0.15, 0.2) is 0 Å². The zero-order chi connectivity index (χ0) is 18.0. The molecule has 0 aliphatic carbocycles. The molecule has 1 aliphatic rings. The van der Waals surface area contributed by atoms with Gasteiger partial charge in [0.2, 0.25) is 5.13 Å². The van der Waals surface area contributed by atoms with Crippen molar-refractivity contribution in [2.45, 2.75) is 20.3 Å². The summed E-state index contributed by atoms with van der Waals surface area (Å²) in [6, 6.07) is 5.78. The number of allylic oxidation sites excluding steroid dienone is 1. The number of thiazole rings is 1. The second kappa shape index (κ2) is 7.25. The predicted molar refractivity (Wildman–Crippen MR) is 103 cm³/mol. The number of hydrogen-bond donors (Lipinski definition) is 2. The number of carbonyl (C=O) groups excluding carboxylic acids is 1. The van der Waals surface area contributed by atoms with Gasteiger partial charge in [-0.15, -0.1) is 0 Å². The molecule has 2 heterocycles. The Morgan fingerprint density at radius 3 is 2.96 bits per heavy atom. The Morgan fingerprint density at radius 2 is 2.32 bits per heavy atom. The Bertz CT molecular complexity index is 853. The van der Waals surface area contributed by atoms with Gasteiger partial charge in [-0.3, -0.25) is 4.79 Å². The summed E-state index contributed by atoms with van der Waals surface area (Å²) in [7, 11) is 0. The molecule has 0 fully saturated rings. The summed E-state index contributed by atoms with van der Waals surface area (Å²) in [5.41, 5.74) is 8.32. The number of amidine groups is 1. The number of aryl methyl sites for hydroxylation is 1. The molecule has 0 radical (unpaired) electrons. The molecule has 1 aromatic carbocycles. The fourth-order valence-corrected chi connectivity index (χ4v) is 3.52. The van der Waals surface area contributed by atoms with Crippen molar-refractivity contribution < 1.29 is 4.79 Å². The Balaban J connectivity index is 2.06. The first-order valence-electron chi connectivity index (χ1n) is 7.81. The van der Waals surface area contributed by atoms with Gasteiger partial charge in [0.1, 0.15) is 10.7 Å². The maximum atomic E-state index is 11.3. The number of hydrogen-bond acceptors (Lipinski definition) is 5. The van der Waals surface area contributed by atoms with Crippen LogP contribution in [0.25, 0.3) is 0 Å². The van der Waals surface area contributed by atoms with E-state index in [-0.39, 0.29) is 0 Å². The standard InChI is InChI=1S/C17H18ClN5OS/c1-3-11-7-14(22-17-20-8-13(25-17)16(19)24)23(9-21-11)15-10(2)5-4-6-12(15)18/h4-8,21H,3,9H2,1-2H3,(H2,19,24). The lowest BCUT2D eigenvalue weighted by Crippen LogP contribution is -2.42. The van der Waals surface area contributed by atoms with Crippen LogP contribution in [0.3, 0.4) is 0 Å². The first-order chi connectivity index (χ1) is 12.0. The van der Waals surface area contributed by atoms with E-state index in [2.05, 4.69) is 22.2 Å². The number of amides is 1. The minimum atomic E-state index is -0.502. The Labute approximate surface area is 155 Å². The maximum absolute atomic E-state index is 11.3. The van der Waals surface area contributed by atoms with E-state index in [1.807, 2.05) is 36.1 Å². The average Bonchev–Trinajstić information content (AvgIpc) is 3.04. The van der Waals surface area contributed by atoms with E-state index in [4.69, 9.17) is 17.3 Å². The molecule has 0 saturated heterocycles. The molecule has 1 amide bonds. The molecule has 6 nitrogen and oxygen atoms in total. The molecule has 1 aromatic heterocycles. The summed E-state index contributed by atoms with van der Waals surface area (Å²) in [5.74, 6) is 0.218. The van der Waals surface area contributed by atoms with Gasteiger partial charge in [0, 0.05) is 11.8 Å². The summed E-state index contributed by atoms with van der Waals surface area (Å²) in [6.45, 7) is 4.63. The first-order valence-corrected chi connectivity index (χ1v) is 9.00. The third-order valence-electron chi connectivity index (χ3n) is 3.83. The maximum Gasteiger partial charge on any atom is 0.260 e. The Morgan fingerprint density at radius 1 is 1.52 bits per heavy atom. The predicted octanol–water partition coefficient (Wildman–Crippen LogP) is 3.60. The molecule has 25 heavy (non-hydrogen) atoms. The van der Waals surface area contributed by atoms with Gasteiger partial charge in [-0.2, -0.15) is 0 Å². The number of primary amides is 1. The fourth-order valence-electron chi connectivity index (χ4n) is 2.55. The number of para-hydroxylation sites is 1. The quantitative estimate of drug-likeness (QED) is 0.855. The highest BCUT2D eigenvalue weighted by molar-refractivity contribution is 7.17. The smallest absolute Gasteiger partial charge is 0.260 e. The second-order valence-corrected chi connectivity index (χ2v) is 6.95. The number of carbonyl (C=O) groups is 1. The van der Waals surface area contributed by atoms with Crippen molar-refractivity contribution in [3.63, 3.8) is 0 Å². The number of benzene rings is 1. The minimum absolute atomic E-state index is 0.383. The fraction of sp³-hybridized carbons (Fsp3) is 0.235. The number of nitrogens with zero attached hydrogens (tertiary/aromatic N) is 3. The van der Waals surface area contributed by atoms with Crippen LogP contribution < -0.4 is 16.0 Å². The summed E-state index contributed by atoms with van der Waals surface area (Å²) in [4.78, 5) is 22.5. The van der Waals surface area contributed by atoms with Crippen LogP contribution >= 0.6 is 22.9 Å². The first kappa shape index (κ1) is 17.4. The molecule has 0 saturated carbocycles. The minimum Gasteiger partial charge on any atom is -0.371 e. The number of rotatable bonds is 4. The number of anilines is 1. The third-order valence-corrected chi connectivity index (χ3v) is 5.04. The molecule has 2 aromatic rings. The van der Waals surface area contributed by atoms with Gasteiger partial charge in [-0.1, -0.05) is 42.0 Å². The largest absolute Gasteiger partial charge is 0.371 e. The molecule has 3 rings (SSSR count). The molecule has 0 atom stereocenters. The highest BCUT2D eigenvalue weighted by Crippen LogP contribution is 2.32. The highest BCUT2D eigenvalue weighted by Gasteiger charge is 2.22. The molecular weight excluding hydrogens is 358 g/mol. The lowest BCUT2D eigenvalue weighted by Gasteiger charge is -2.32. The SMILES string of the molecule is CCC1=CC(=Nc2ncc(C(N)=O)s2)N(c2c(C)cccc2Cl)CN1. The highest BCUT2D eigenvalue weighted by atomic mass is 35.5. The topological polar surface area (TPSA) is 83.6 Å². The van der Waals surface area contributed by atoms with Crippen molar-refractivity contribution in [2.24, 2.45) is 10.7 Å². The van der Waals surface area contributed by atoms with Crippen LogP contribution in [0, 0.1) is 6.92 Å². The molecule has 130 valence electrons. The van der Waals surface area contributed by atoms with Crippen LogP contribution in [0.1, 0.15) is 28.6 Å². The lowest BCUT2D eigenvalue weighted by molar-refractivity contribution is 0.100. The monoisotopic (exact) mass is 375 g/mol. The molecule has 8 heteroatoms. The number of aliphatic imine (C=N–C) groups is 1. The van der Waals surface area contributed by atoms with Gasteiger partial charge >= 0.3 is 0 Å². The van der Waals surface area contributed by atoms with Crippen molar-refractivity contribution in [1.29, 1.82) is 0 Å². The van der Waals surface area contributed by atoms with Crippen molar-refractivity contribution in [3.8, 4) is 0 Å². The molecule has 3 N–H and O–H groups in total. The van der Waals surface area contributed by atoms with Crippen molar-refractivity contribution in [2.75, 3.05) is 11.6 Å². The number of aromatic nitrogens is 1. The Hall–Kier alpha value is -2.38. The third kappa shape index (κ3) is 3.67. The normalized spacial score (nSPS) is 15.9.